The van der Waals surface area contributed by atoms with Gasteiger partial charge in [-0.3, -0.25) is 9.69 Å². The molecule has 1 aliphatic rings. The topological polar surface area (TPSA) is 42.0 Å². The van der Waals surface area contributed by atoms with Crippen molar-refractivity contribution in [3.63, 3.8) is 0 Å². The first kappa shape index (κ1) is 19.6. The van der Waals surface area contributed by atoms with E-state index in [0.29, 0.717) is 13.1 Å². The highest BCUT2D eigenvalue weighted by Crippen LogP contribution is 2.30. The largest absolute Gasteiger partial charge is 0.493 e. The van der Waals surface area contributed by atoms with Gasteiger partial charge in [0, 0.05) is 31.6 Å². The van der Waals surface area contributed by atoms with Crippen molar-refractivity contribution in [2.45, 2.75) is 26.1 Å². The lowest BCUT2D eigenvalue weighted by Gasteiger charge is -2.28. The molecule has 0 aliphatic carbocycles. The summed E-state index contributed by atoms with van der Waals surface area (Å²) >= 11 is 1.77. The van der Waals surface area contributed by atoms with Crippen molar-refractivity contribution >= 4 is 17.2 Å². The van der Waals surface area contributed by atoms with Gasteiger partial charge in [-0.15, -0.1) is 11.3 Å². The van der Waals surface area contributed by atoms with E-state index in [4.69, 9.17) is 4.74 Å². The predicted molar refractivity (Wildman–Crippen MR) is 99.4 cm³/mol. The predicted octanol–water partition coefficient (Wildman–Crippen LogP) is 3.37. The minimum atomic E-state index is -2.91. The Morgan fingerprint density at radius 2 is 2.15 bits per heavy atom. The molecule has 1 aromatic heterocycles. The Morgan fingerprint density at radius 1 is 1.33 bits per heavy atom. The summed E-state index contributed by atoms with van der Waals surface area (Å²) in [5.74, 6) is 0.209. The van der Waals surface area contributed by atoms with Crippen LogP contribution in [0.4, 0.5) is 8.78 Å². The molecule has 0 saturated heterocycles. The molecule has 0 saturated carbocycles. The van der Waals surface area contributed by atoms with Gasteiger partial charge in [0.2, 0.25) is 5.91 Å². The summed E-state index contributed by atoms with van der Waals surface area (Å²) in [7, 11) is 3.12. The number of amides is 1. The molecule has 0 N–H and O–H groups in total. The standard InChI is InChI=1S/C19H22F2N2O3S/c1-22(10-13-3-4-15(26-19(20)21)16(9-13)25-2)18(24)12-23-7-5-17-14(11-23)6-8-27-17/h3-4,6,8-9,19H,5,7,10-12H2,1-2H3. The molecule has 1 aliphatic heterocycles. The second kappa shape index (κ2) is 8.67. The number of nitrogens with zero attached hydrogens (tertiary/aromatic N) is 2. The van der Waals surface area contributed by atoms with Gasteiger partial charge in [0.25, 0.3) is 0 Å². The normalized spacial score (nSPS) is 14.1. The molecule has 1 amide bonds. The van der Waals surface area contributed by atoms with Crippen LogP contribution >= 0.6 is 11.3 Å². The molecule has 146 valence electrons. The number of benzene rings is 1. The highest BCUT2D eigenvalue weighted by atomic mass is 32.1. The number of hydrogen-bond acceptors (Lipinski definition) is 5. The van der Waals surface area contributed by atoms with E-state index in [1.54, 1.807) is 35.4 Å². The van der Waals surface area contributed by atoms with Crippen molar-refractivity contribution in [1.82, 2.24) is 9.80 Å². The van der Waals surface area contributed by atoms with Crippen molar-refractivity contribution < 1.29 is 23.0 Å². The van der Waals surface area contributed by atoms with E-state index in [9.17, 15) is 13.6 Å². The summed E-state index contributed by atoms with van der Waals surface area (Å²) in [5.41, 5.74) is 2.09. The lowest BCUT2D eigenvalue weighted by Crippen LogP contribution is -2.40. The Bertz CT molecular complexity index is 797. The fourth-order valence-electron chi connectivity index (χ4n) is 3.12. The maximum atomic E-state index is 12.6. The molecule has 0 unspecified atom stereocenters. The number of ether oxygens (including phenoxy) is 2. The number of hydrogen-bond donors (Lipinski definition) is 0. The van der Waals surface area contributed by atoms with Crippen LogP contribution in [0.5, 0.6) is 11.5 Å². The maximum absolute atomic E-state index is 12.6. The number of alkyl halides is 2. The molecule has 0 radical (unpaired) electrons. The third kappa shape index (κ3) is 4.95. The van der Waals surface area contributed by atoms with E-state index in [0.717, 1.165) is 25.1 Å². The molecule has 27 heavy (non-hydrogen) atoms. The third-order valence-corrected chi connectivity index (χ3v) is 5.56. The van der Waals surface area contributed by atoms with Crippen LogP contribution in [0, 0.1) is 0 Å². The summed E-state index contributed by atoms with van der Waals surface area (Å²) in [5, 5.41) is 2.09. The Labute approximate surface area is 161 Å². The zero-order valence-corrected chi connectivity index (χ0v) is 16.1. The Morgan fingerprint density at radius 3 is 2.89 bits per heavy atom. The van der Waals surface area contributed by atoms with Gasteiger partial charge < -0.3 is 14.4 Å². The molecular weight excluding hydrogens is 374 g/mol. The number of thiophene rings is 1. The van der Waals surface area contributed by atoms with E-state index in [1.807, 2.05) is 0 Å². The van der Waals surface area contributed by atoms with Crippen LogP contribution in [0.15, 0.2) is 29.6 Å². The number of likely N-dealkylation sites (N-methyl/N-ethyl adjacent to an activating group) is 1. The number of halogens is 2. The molecule has 0 fully saturated rings. The Hall–Kier alpha value is -2.19. The summed E-state index contributed by atoms with van der Waals surface area (Å²) in [4.78, 5) is 17.7. The molecule has 8 heteroatoms. The van der Waals surface area contributed by atoms with Crippen molar-refractivity contribution in [2.75, 3.05) is 27.2 Å². The number of methoxy groups -OCH3 is 1. The summed E-state index contributed by atoms with van der Waals surface area (Å²) < 4.78 is 34.4. The number of carbonyl (C=O) groups excluding carboxylic acids is 1. The van der Waals surface area contributed by atoms with Crippen LogP contribution in [0.3, 0.4) is 0 Å². The lowest BCUT2D eigenvalue weighted by atomic mass is 10.1. The molecule has 0 bridgehead atoms. The first-order chi connectivity index (χ1) is 13.0. The number of rotatable bonds is 7. The summed E-state index contributed by atoms with van der Waals surface area (Å²) in [6.07, 6.45) is 0.979. The maximum Gasteiger partial charge on any atom is 0.387 e. The van der Waals surface area contributed by atoms with Gasteiger partial charge in [-0.05, 0) is 41.1 Å². The molecule has 2 aromatic rings. The molecular formula is C19H22F2N2O3S. The van der Waals surface area contributed by atoms with Crippen LogP contribution in [-0.2, 0) is 24.3 Å². The van der Waals surface area contributed by atoms with Gasteiger partial charge >= 0.3 is 6.61 Å². The van der Waals surface area contributed by atoms with Crippen LogP contribution in [0.1, 0.15) is 16.0 Å². The molecule has 1 aromatic carbocycles. The minimum absolute atomic E-state index is 0.0144. The van der Waals surface area contributed by atoms with Crippen molar-refractivity contribution in [3.8, 4) is 11.5 Å². The van der Waals surface area contributed by atoms with Crippen molar-refractivity contribution in [1.29, 1.82) is 0 Å². The van der Waals surface area contributed by atoms with Crippen LogP contribution in [0.25, 0.3) is 0 Å². The van der Waals surface area contributed by atoms with Gasteiger partial charge in [-0.1, -0.05) is 6.07 Å². The van der Waals surface area contributed by atoms with Crippen LogP contribution in [0.2, 0.25) is 0 Å². The van der Waals surface area contributed by atoms with Gasteiger partial charge in [0.15, 0.2) is 11.5 Å². The van der Waals surface area contributed by atoms with E-state index < -0.39 is 6.61 Å². The first-order valence-corrected chi connectivity index (χ1v) is 9.47. The van der Waals surface area contributed by atoms with Gasteiger partial charge in [0.1, 0.15) is 0 Å². The molecule has 5 nitrogen and oxygen atoms in total. The SMILES string of the molecule is COc1cc(CN(C)C(=O)CN2CCc3sccc3C2)ccc1OC(F)F. The van der Waals surface area contributed by atoms with Crippen molar-refractivity contribution in [2.24, 2.45) is 0 Å². The van der Waals surface area contributed by atoms with Crippen molar-refractivity contribution in [3.05, 3.63) is 45.6 Å². The molecule has 0 atom stereocenters. The Balaban J connectivity index is 1.58. The van der Waals surface area contributed by atoms with E-state index in [-0.39, 0.29) is 17.4 Å². The fraction of sp³-hybridized carbons (Fsp3) is 0.421. The molecule has 3 rings (SSSR count). The van der Waals surface area contributed by atoms with Crippen LogP contribution in [-0.4, -0.2) is 49.6 Å². The Kier molecular flexibility index (Phi) is 6.28. The van der Waals surface area contributed by atoms with E-state index in [2.05, 4.69) is 21.1 Å². The number of fused-ring (bicyclic) bond motifs is 1. The smallest absolute Gasteiger partial charge is 0.387 e. The average molecular weight is 396 g/mol. The van der Waals surface area contributed by atoms with Gasteiger partial charge in [-0.2, -0.15) is 8.78 Å². The van der Waals surface area contributed by atoms with Gasteiger partial charge in [0.05, 0.1) is 13.7 Å². The summed E-state index contributed by atoms with van der Waals surface area (Å²) in [6.45, 7) is -0.522. The highest BCUT2D eigenvalue weighted by Gasteiger charge is 2.21. The quantitative estimate of drug-likeness (QED) is 0.720. The van der Waals surface area contributed by atoms with Crippen LogP contribution < -0.4 is 9.47 Å². The minimum Gasteiger partial charge on any atom is -0.493 e. The molecule has 2 heterocycles. The van der Waals surface area contributed by atoms with E-state index >= 15 is 0 Å². The zero-order valence-electron chi connectivity index (χ0n) is 15.3. The molecule has 0 spiro atoms. The van der Waals surface area contributed by atoms with Gasteiger partial charge in [-0.25, -0.2) is 0 Å². The first-order valence-electron chi connectivity index (χ1n) is 8.59. The highest BCUT2D eigenvalue weighted by molar-refractivity contribution is 7.10. The summed E-state index contributed by atoms with van der Waals surface area (Å²) in [6, 6.07) is 6.82. The third-order valence-electron chi connectivity index (χ3n) is 4.54. The second-order valence-corrected chi connectivity index (χ2v) is 7.44. The fourth-order valence-corrected chi connectivity index (χ4v) is 4.01. The average Bonchev–Trinajstić information content (AvgIpc) is 3.10. The second-order valence-electron chi connectivity index (χ2n) is 6.44. The monoisotopic (exact) mass is 396 g/mol. The lowest BCUT2D eigenvalue weighted by molar-refractivity contribution is -0.131. The number of carbonyl (C=O) groups is 1. The zero-order chi connectivity index (χ0) is 19.4. The van der Waals surface area contributed by atoms with E-state index in [1.165, 1.54) is 23.6 Å².